The Labute approximate surface area is 149 Å². The van der Waals surface area contributed by atoms with Crippen LogP contribution in [0.2, 0.25) is 0 Å². The molecule has 0 heterocycles. The number of ether oxygens (including phenoxy) is 2. The van der Waals surface area contributed by atoms with Crippen molar-refractivity contribution in [2.45, 2.75) is 20.0 Å². The molecule has 0 aliphatic rings. The topological polar surface area (TPSA) is 35.5 Å². The van der Waals surface area contributed by atoms with Gasteiger partial charge in [0.15, 0.2) is 0 Å². The van der Waals surface area contributed by atoms with Crippen LogP contribution < -0.4 is 9.47 Å². The first-order valence-corrected chi connectivity index (χ1v) is 8.49. The number of hydrogen-bond acceptors (Lipinski definition) is 3. The third-order valence-corrected chi connectivity index (χ3v) is 3.95. The fraction of sp³-hybridized carbons (Fsp3) is 0.150. The van der Waals surface area contributed by atoms with Gasteiger partial charge < -0.3 is 9.47 Å². The standard InChI is InChI=1S/C20H17BrO3/c1-13(2)23-19-10-8-16(21)12-18(19)20(22)24-17-9-7-14-5-3-4-6-15(14)11-17/h3-13H,1-2H3. The lowest BCUT2D eigenvalue weighted by molar-refractivity contribution is 0.0728. The molecule has 0 saturated carbocycles. The highest BCUT2D eigenvalue weighted by Crippen LogP contribution is 2.27. The molecule has 0 bridgehead atoms. The van der Waals surface area contributed by atoms with Crippen molar-refractivity contribution in [3.63, 3.8) is 0 Å². The molecule has 0 atom stereocenters. The number of carbonyl (C=O) groups is 1. The molecular weight excluding hydrogens is 368 g/mol. The number of hydrogen-bond donors (Lipinski definition) is 0. The van der Waals surface area contributed by atoms with Crippen LogP contribution >= 0.6 is 15.9 Å². The van der Waals surface area contributed by atoms with Crippen molar-refractivity contribution in [1.82, 2.24) is 0 Å². The summed E-state index contributed by atoms with van der Waals surface area (Å²) in [5, 5.41) is 2.12. The van der Waals surface area contributed by atoms with Gasteiger partial charge in [-0.25, -0.2) is 4.79 Å². The summed E-state index contributed by atoms with van der Waals surface area (Å²) in [6.45, 7) is 3.83. The molecular formula is C20H17BrO3. The highest BCUT2D eigenvalue weighted by molar-refractivity contribution is 9.10. The minimum atomic E-state index is -0.442. The maximum absolute atomic E-state index is 12.6. The van der Waals surface area contributed by atoms with Crippen LogP contribution in [0.5, 0.6) is 11.5 Å². The highest BCUT2D eigenvalue weighted by atomic mass is 79.9. The van der Waals surface area contributed by atoms with E-state index in [1.54, 1.807) is 18.2 Å². The summed E-state index contributed by atoms with van der Waals surface area (Å²) in [6, 6.07) is 18.8. The third kappa shape index (κ3) is 3.77. The molecule has 0 unspecified atom stereocenters. The van der Waals surface area contributed by atoms with Gasteiger partial charge in [0.05, 0.1) is 6.10 Å². The predicted molar refractivity (Wildman–Crippen MR) is 98.8 cm³/mol. The molecule has 0 aliphatic heterocycles. The first kappa shape index (κ1) is 16.5. The van der Waals surface area contributed by atoms with E-state index in [2.05, 4.69) is 15.9 Å². The van der Waals surface area contributed by atoms with Crippen molar-refractivity contribution in [3.8, 4) is 11.5 Å². The van der Waals surface area contributed by atoms with E-state index in [1.807, 2.05) is 56.3 Å². The molecule has 3 aromatic rings. The predicted octanol–water partition coefficient (Wildman–Crippen LogP) is 5.61. The van der Waals surface area contributed by atoms with Gasteiger partial charge in [-0.1, -0.05) is 46.3 Å². The summed E-state index contributed by atoms with van der Waals surface area (Å²) in [5.41, 5.74) is 0.395. The molecule has 0 aromatic heterocycles. The SMILES string of the molecule is CC(C)Oc1ccc(Br)cc1C(=O)Oc1ccc2ccccc2c1. The fourth-order valence-electron chi connectivity index (χ4n) is 2.41. The van der Waals surface area contributed by atoms with Crippen LogP contribution in [0.4, 0.5) is 0 Å². The molecule has 0 radical (unpaired) electrons. The lowest BCUT2D eigenvalue weighted by atomic mass is 10.1. The molecule has 24 heavy (non-hydrogen) atoms. The molecule has 122 valence electrons. The van der Waals surface area contributed by atoms with Crippen molar-refractivity contribution in [2.75, 3.05) is 0 Å². The first-order valence-electron chi connectivity index (χ1n) is 7.70. The monoisotopic (exact) mass is 384 g/mol. The number of fused-ring (bicyclic) bond motifs is 1. The van der Waals surface area contributed by atoms with E-state index in [4.69, 9.17) is 9.47 Å². The zero-order valence-electron chi connectivity index (χ0n) is 13.5. The smallest absolute Gasteiger partial charge is 0.347 e. The maximum atomic E-state index is 12.6. The zero-order valence-corrected chi connectivity index (χ0v) is 15.0. The fourth-order valence-corrected chi connectivity index (χ4v) is 2.77. The summed E-state index contributed by atoms with van der Waals surface area (Å²) in [4.78, 5) is 12.6. The Kier molecular flexibility index (Phi) is 4.86. The van der Waals surface area contributed by atoms with Gasteiger partial charge in [-0.3, -0.25) is 0 Å². The molecule has 3 rings (SSSR count). The summed E-state index contributed by atoms with van der Waals surface area (Å²) >= 11 is 3.39. The number of carbonyl (C=O) groups excluding carboxylic acids is 1. The van der Waals surface area contributed by atoms with Crippen LogP contribution in [-0.4, -0.2) is 12.1 Å². The van der Waals surface area contributed by atoms with E-state index >= 15 is 0 Å². The van der Waals surface area contributed by atoms with Crippen LogP contribution in [0.15, 0.2) is 65.1 Å². The molecule has 4 heteroatoms. The van der Waals surface area contributed by atoms with E-state index in [0.717, 1.165) is 15.2 Å². The number of rotatable bonds is 4. The molecule has 0 saturated heterocycles. The van der Waals surface area contributed by atoms with Gasteiger partial charge in [0.25, 0.3) is 0 Å². The van der Waals surface area contributed by atoms with Gasteiger partial charge in [0, 0.05) is 4.47 Å². The maximum Gasteiger partial charge on any atom is 0.347 e. The Hall–Kier alpha value is -2.33. The van der Waals surface area contributed by atoms with Crippen molar-refractivity contribution in [2.24, 2.45) is 0 Å². The van der Waals surface area contributed by atoms with Gasteiger partial charge in [-0.05, 0) is 55.0 Å². The van der Waals surface area contributed by atoms with E-state index in [0.29, 0.717) is 17.1 Å². The average Bonchev–Trinajstić information content (AvgIpc) is 2.56. The Bertz CT molecular complexity index is 887. The first-order chi connectivity index (χ1) is 11.5. The van der Waals surface area contributed by atoms with E-state index in [1.165, 1.54) is 0 Å². The lowest BCUT2D eigenvalue weighted by Gasteiger charge is -2.14. The van der Waals surface area contributed by atoms with Crippen LogP contribution in [0.1, 0.15) is 24.2 Å². The minimum absolute atomic E-state index is 0.0293. The van der Waals surface area contributed by atoms with Gasteiger partial charge in [0.1, 0.15) is 17.1 Å². The molecule has 3 nitrogen and oxygen atoms in total. The molecule has 0 N–H and O–H groups in total. The summed E-state index contributed by atoms with van der Waals surface area (Å²) in [7, 11) is 0. The minimum Gasteiger partial charge on any atom is -0.490 e. The second-order valence-corrected chi connectivity index (χ2v) is 6.62. The Morgan fingerprint density at radius 2 is 1.71 bits per heavy atom. The largest absolute Gasteiger partial charge is 0.490 e. The average molecular weight is 385 g/mol. The molecule has 3 aromatic carbocycles. The van der Waals surface area contributed by atoms with Gasteiger partial charge in [0.2, 0.25) is 0 Å². The van der Waals surface area contributed by atoms with Crippen molar-refractivity contribution in [1.29, 1.82) is 0 Å². The van der Waals surface area contributed by atoms with Crippen LogP contribution in [-0.2, 0) is 0 Å². The molecule has 0 aliphatic carbocycles. The van der Waals surface area contributed by atoms with Crippen LogP contribution in [0, 0.1) is 0 Å². The second-order valence-electron chi connectivity index (χ2n) is 5.71. The van der Waals surface area contributed by atoms with Gasteiger partial charge in [-0.15, -0.1) is 0 Å². The van der Waals surface area contributed by atoms with E-state index in [9.17, 15) is 4.79 Å². The Morgan fingerprint density at radius 3 is 2.46 bits per heavy atom. The Morgan fingerprint density at radius 1 is 0.958 bits per heavy atom. The van der Waals surface area contributed by atoms with Crippen molar-refractivity contribution < 1.29 is 14.3 Å². The Balaban J connectivity index is 1.89. The molecule has 0 amide bonds. The number of benzene rings is 3. The normalized spacial score (nSPS) is 10.8. The number of esters is 1. The molecule has 0 spiro atoms. The quantitative estimate of drug-likeness (QED) is 0.433. The van der Waals surface area contributed by atoms with E-state index < -0.39 is 5.97 Å². The van der Waals surface area contributed by atoms with Gasteiger partial charge >= 0.3 is 5.97 Å². The number of halogens is 1. The summed E-state index contributed by atoms with van der Waals surface area (Å²) < 4.78 is 12.0. The highest BCUT2D eigenvalue weighted by Gasteiger charge is 2.17. The third-order valence-electron chi connectivity index (χ3n) is 3.46. The van der Waals surface area contributed by atoms with Gasteiger partial charge in [-0.2, -0.15) is 0 Å². The summed E-state index contributed by atoms with van der Waals surface area (Å²) in [5.74, 6) is 0.579. The lowest BCUT2D eigenvalue weighted by Crippen LogP contribution is -2.14. The van der Waals surface area contributed by atoms with Crippen LogP contribution in [0.25, 0.3) is 10.8 Å². The molecule has 0 fully saturated rings. The van der Waals surface area contributed by atoms with Crippen molar-refractivity contribution >= 4 is 32.7 Å². The van der Waals surface area contributed by atoms with Crippen LogP contribution in [0.3, 0.4) is 0 Å². The summed E-state index contributed by atoms with van der Waals surface area (Å²) in [6.07, 6.45) is -0.0293. The zero-order chi connectivity index (χ0) is 17.1. The van der Waals surface area contributed by atoms with E-state index in [-0.39, 0.29) is 6.10 Å². The van der Waals surface area contributed by atoms with Crippen molar-refractivity contribution in [3.05, 3.63) is 70.7 Å². The second kappa shape index (κ2) is 7.05.